The second-order valence-electron chi connectivity index (χ2n) is 6.53. The van der Waals surface area contributed by atoms with Crippen LogP contribution >= 0.6 is 24.0 Å². The second-order valence-corrected chi connectivity index (χ2v) is 6.53. The summed E-state index contributed by atoms with van der Waals surface area (Å²) < 4.78 is 1.93. The zero-order valence-corrected chi connectivity index (χ0v) is 18.7. The quantitative estimate of drug-likeness (QED) is 0.191. The topological polar surface area (TPSA) is 87.4 Å². The van der Waals surface area contributed by atoms with Crippen molar-refractivity contribution in [1.29, 1.82) is 0 Å². The standard InChI is InChI=1S/C18H31N7O.HI/c1-4-10-19-18(21-14-16-23-22-15(2)24(16)3)20-11-8-13-25-12-7-5-6-9-17(25)26;/h4H,1,5-14H2,2-3H3,(H2,19,20,21);1H. The van der Waals surface area contributed by atoms with E-state index in [1.807, 2.05) is 23.4 Å². The Hall–Kier alpha value is -1.65. The van der Waals surface area contributed by atoms with Crippen LogP contribution in [0.3, 0.4) is 0 Å². The fourth-order valence-electron chi connectivity index (χ4n) is 2.83. The Morgan fingerprint density at radius 1 is 1.30 bits per heavy atom. The molecule has 9 heteroatoms. The molecule has 2 heterocycles. The van der Waals surface area contributed by atoms with Crippen molar-refractivity contribution in [2.45, 2.75) is 45.6 Å². The van der Waals surface area contributed by atoms with E-state index in [0.717, 1.165) is 57.0 Å². The average Bonchev–Trinajstić information content (AvgIpc) is 2.82. The van der Waals surface area contributed by atoms with Gasteiger partial charge in [-0.05, 0) is 26.2 Å². The SMILES string of the molecule is C=CCNC(=NCc1nnc(C)n1C)NCCCN1CCCCCC1=O.I. The van der Waals surface area contributed by atoms with Crippen molar-refractivity contribution >= 4 is 35.8 Å². The molecule has 152 valence electrons. The Labute approximate surface area is 178 Å². The van der Waals surface area contributed by atoms with Crippen LogP contribution in [0.25, 0.3) is 0 Å². The lowest BCUT2D eigenvalue weighted by molar-refractivity contribution is -0.130. The molecule has 0 spiro atoms. The predicted octanol–water partition coefficient (Wildman–Crippen LogP) is 1.76. The molecule has 0 unspecified atom stereocenters. The molecule has 2 N–H and O–H groups in total. The van der Waals surface area contributed by atoms with Crippen LogP contribution in [0.1, 0.15) is 43.8 Å². The van der Waals surface area contributed by atoms with Crippen LogP contribution < -0.4 is 10.6 Å². The molecular formula is C18H32IN7O. The maximum Gasteiger partial charge on any atom is 0.222 e. The van der Waals surface area contributed by atoms with Gasteiger partial charge in [-0.25, -0.2) is 4.99 Å². The van der Waals surface area contributed by atoms with Crippen LogP contribution in [0.2, 0.25) is 0 Å². The van der Waals surface area contributed by atoms with Gasteiger partial charge in [-0.3, -0.25) is 4.79 Å². The summed E-state index contributed by atoms with van der Waals surface area (Å²) in [5.74, 6) is 2.69. The molecule has 1 aliphatic heterocycles. The molecule has 0 atom stereocenters. The number of hydrogen-bond acceptors (Lipinski definition) is 4. The predicted molar refractivity (Wildman–Crippen MR) is 118 cm³/mol. The number of nitrogens with one attached hydrogen (secondary N) is 2. The molecule has 0 bridgehead atoms. The first-order valence-corrected chi connectivity index (χ1v) is 9.37. The van der Waals surface area contributed by atoms with Crippen molar-refractivity contribution in [3.63, 3.8) is 0 Å². The summed E-state index contributed by atoms with van der Waals surface area (Å²) in [4.78, 5) is 18.6. The zero-order chi connectivity index (χ0) is 18.8. The molecule has 1 aromatic rings. The number of carbonyl (C=O) groups is 1. The lowest BCUT2D eigenvalue weighted by Crippen LogP contribution is -2.39. The van der Waals surface area contributed by atoms with Crippen LogP contribution in [0, 0.1) is 6.92 Å². The highest BCUT2D eigenvalue weighted by Gasteiger charge is 2.15. The molecule has 1 saturated heterocycles. The third kappa shape index (κ3) is 7.86. The number of amides is 1. The van der Waals surface area contributed by atoms with Crippen molar-refractivity contribution in [3.8, 4) is 0 Å². The van der Waals surface area contributed by atoms with Crippen molar-refractivity contribution in [1.82, 2.24) is 30.3 Å². The number of aromatic nitrogens is 3. The van der Waals surface area contributed by atoms with Crippen molar-refractivity contribution in [3.05, 3.63) is 24.3 Å². The van der Waals surface area contributed by atoms with Gasteiger partial charge in [0.1, 0.15) is 12.4 Å². The Bertz CT molecular complexity index is 629. The number of halogens is 1. The molecule has 2 rings (SSSR count). The highest BCUT2D eigenvalue weighted by atomic mass is 127. The van der Waals surface area contributed by atoms with E-state index in [1.165, 1.54) is 0 Å². The summed E-state index contributed by atoms with van der Waals surface area (Å²) in [6.07, 6.45) is 6.67. The van der Waals surface area contributed by atoms with Crippen LogP contribution in [0.4, 0.5) is 0 Å². The van der Waals surface area contributed by atoms with E-state index in [0.29, 0.717) is 31.4 Å². The van der Waals surface area contributed by atoms with Crippen LogP contribution in [0.5, 0.6) is 0 Å². The number of guanidine groups is 1. The lowest BCUT2D eigenvalue weighted by Gasteiger charge is -2.20. The number of nitrogens with zero attached hydrogens (tertiary/aromatic N) is 5. The average molecular weight is 489 g/mol. The highest BCUT2D eigenvalue weighted by molar-refractivity contribution is 14.0. The van der Waals surface area contributed by atoms with E-state index in [-0.39, 0.29) is 24.0 Å². The lowest BCUT2D eigenvalue weighted by atomic mass is 10.2. The summed E-state index contributed by atoms with van der Waals surface area (Å²) in [6, 6.07) is 0. The monoisotopic (exact) mass is 489 g/mol. The largest absolute Gasteiger partial charge is 0.356 e. The van der Waals surface area contributed by atoms with Gasteiger partial charge in [0.2, 0.25) is 5.91 Å². The minimum atomic E-state index is 0. The van der Waals surface area contributed by atoms with Crippen LogP contribution in [0.15, 0.2) is 17.6 Å². The van der Waals surface area contributed by atoms with E-state index in [9.17, 15) is 4.79 Å². The first kappa shape index (κ1) is 23.4. The van der Waals surface area contributed by atoms with Crippen LogP contribution in [-0.4, -0.2) is 57.7 Å². The number of rotatable bonds is 8. The number of carbonyl (C=O) groups excluding carboxylic acids is 1. The molecule has 1 aromatic heterocycles. The van der Waals surface area contributed by atoms with Crippen molar-refractivity contribution in [2.24, 2.45) is 12.0 Å². The molecule has 1 aliphatic rings. The highest BCUT2D eigenvalue weighted by Crippen LogP contribution is 2.11. The van der Waals surface area contributed by atoms with E-state index >= 15 is 0 Å². The van der Waals surface area contributed by atoms with E-state index < -0.39 is 0 Å². The van der Waals surface area contributed by atoms with Crippen molar-refractivity contribution < 1.29 is 4.79 Å². The molecule has 0 saturated carbocycles. The van der Waals surface area contributed by atoms with Gasteiger partial charge in [0, 0.05) is 39.6 Å². The molecule has 0 radical (unpaired) electrons. The summed E-state index contributed by atoms with van der Waals surface area (Å²) >= 11 is 0. The third-order valence-electron chi connectivity index (χ3n) is 4.54. The number of aliphatic imine (C=N–C) groups is 1. The molecule has 27 heavy (non-hydrogen) atoms. The van der Waals surface area contributed by atoms with Crippen molar-refractivity contribution in [2.75, 3.05) is 26.2 Å². The van der Waals surface area contributed by atoms with Gasteiger partial charge >= 0.3 is 0 Å². The number of aryl methyl sites for hydroxylation is 1. The second kappa shape index (κ2) is 12.7. The molecule has 0 aromatic carbocycles. The molecule has 0 aliphatic carbocycles. The minimum Gasteiger partial charge on any atom is -0.356 e. The smallest absolute Gasteiger partial charge is 0.222 e. The molecule has 1 amide bonds. The zero-order valence-electron chi connectivity index (χ0n) is 16.4. The van der Waals surface area contributed by atoms with Gasteiger partial charge in [0.05, 0.1) is 0 Å². The number of likely N-dealkylation sites (tertiary alicyclic amines) is 1. The Kier molecular flexibility index (Phi) is 11.0. The normalized spacial score (nSPS) is 15.1. The van der Waals surface area contributed by atoms with E-state index in [4.69, 9.17) is 0 Å². The maximum atomic E-state index is 12.0. The van der Waals surface area contributed by atoms with Crippen LogP contribution in [-0.2, 0) is 18.4 Å². The summed E-state index contributed by atoms with van der Waals surface area (Å²) in [5, 5.41) is 14.7. The summed E-state index contributed by atoms with van der Waals surface area (Å²) in [6.45, 7) is 9.17. The molecular weight excluding hydrogens is 457 g/mol. The van der Waals surface area contributed by atoms with E-state index in [2.05, 4.69) is 32.4 Å². The first-order chi connectivity index (χ1) is 12.6. The Morgan fingerprint density at radius 3 is 2.81 bits per heavy atom. The summed E-state index contributed by atoms with van der Waals surface area (Å²) in [7, 11) is 1.93. The maximum absolute atomic E-state index is 12.0. The fourth-order valence-corrected chi connectivity index (χ4v) is 2.83. The Morgan fingerprint density at radius 2 is 2.11 bits per heavy atom. The van der Waals surface area contributed by atoms with Gasteiger partial charge in [0.15, 0.2) is 11.8 Å². The fraction of sp³-hybridized carbons (Fsp3) is 0.667. The van der Waals surface area contributed by atoms with Gasteiger partial charge < -0.3 is 20.1 Å². The Balaban J connectivity index is 0.00000364. The van der Waals surface area contributed by atoms with Gasteiger partial charge in [-0.15, -0.1) is 40.8 Å². The summed E-state index contributed by atoms with van der Waals surface area (Å²) in [5.41, 5.74) is 0. The van der Waals surface area contributed by atoms with Gasteiger partial charge in [-0.1, -0.05) is 12.5 Å². The minimum absolute atomic E-state index is 0. The van der Waals surface area contributed by atoms with E-state index in [1.54, 1.807) is 6.08 Å². The third-order valence-corrected chi connectivity index (χ3v) is 4.54. The van der Waals surface area contributed by atoms with Gasteiger partial charge in [0.25, 0.3) is 0 Å². The number of hydrogen-bond donors (Lipinski definition) is 2. The molecule has 8 nitrogen and oxygen atoms in total. The van der Waals surface area contributed by atoms with Gasteiger partial charge in [-0.2, -0.15) is 0 Å². The first-order valence-electron chi connectivity index (χ1n) is 9.37. The molecule has 1 fully saturated rings.